The molecule has 1 aliphatic rings. The minimum absolute atomic E-state index is 0.0387. The lowest BCUT2D eigenvalue weighted by Crippen LogP contribution is -2.37. The van der Waals surface area contributed by atoms with E-state index in [1.807, 2.05) is 12.1 Å². The molecule has 3 rings (SSSR count). The third kappa shape index (κ3) is 3.24. The van der Waals surface area contributed by atoms with Crippen molar-refractivity contribution in [1.82, 2.24) is 4.90 Å². The maximum absolute atomic E-state index is 13.3. The van der Waals surface area contributed by atoms with Crippen molar-refractivity contribution >= 4 is 0 Å². The molecule has 0 aromatic heterocycles. The highest BCUT2D eigenvalue weighted by molar-refractivity contribution is 5.20. The molecule has 0 unspecified atom stereocenters. The number of hydrogen-bond donors (Lipinski definition) is 0. The fourth-order valence-corrected chi connectivity index (χ4v) is 2.60. The van der Waals surface area contributed by atoms with Crippen LogP contribution >= 0.6 is 0 Å². The molecule has 0 aliphatic carbocycles. The van der Waals surface area contributed by atoms with Gasteiger partial charge in [0.25, 0.3) is 0 Å². The molecule has 104 valence electrons. The summed E-state index contributed by atoms with van der Waals surface area (Å²) in [6.45, 7) is 3.32. The zero-order valence-corrected chi connectivity index (χ0v) is 11.3. The summed E-state index contributed by atoms with van der Waals surface area (Å²) in [7, 11) is 0. The Balaban J connectivity index is 1.67. The number of hydrogen-bond acceptors (Lipinski definition) is 2. The van der Waals surface area contributed by atoms with Gasteiger partial charge in [-0.2, -0.15) is 0 Å². The van der Waals surface area contributed by atoms with Gasteiger partial charge in [-0.05, 0) is 23.3 Å². The predicted octanol–water partition coefficient (Wildman–Crippen LogP) is 3.40. The van der Waals surface area contributed by atoms with E-state index in [-0.39, 0.29) is 11.9 Å². The number of rotatable bonds is 3. The monoisotopic (exact) mass is 271 g/mol. The van der Waals surface area contributed by atoms with E-state index < -0.39 is 0 Å². The van der Waals surface area contributed by atoms with Gasteiger partial charge in [-0.3, -0.25) is 4.90 Å². The van der Waals surface area contributed by atoms with Crippen LogP contribution in [0.2, 0.25) is 0 Å². The fraction of sp³-hybridized carbons (Fsp3) is 0.294. The largest absolute Gasteiger partial charge is 0.371 e. The Bertz CT molecular complexity index is 558. The summed E-state index contributed by atoms with van der Waals surface area (Å²) in [4.78, 5) is 2.36. The van der Waals surface area contributed by atoms with Crippen molar-refractivity contribution in [3.63, 3.8) is 0 Å². The van der Waals surface area contributed by atoms with Gasteiger partial charge in [-0.15, -0.1) is 0 Å². The van der Waals surface area contributed by atoms with Gasteiger partial charge in [0, 0.05) is 19.6 Å². The molecular weight excluding hydrogens is 253 g/mol. The summed E-state index contributed by atoms with van der Waals surface area (Å²) in [5, 5.41) is 0. The van der Waals surface area contributed by atoms with Crippen LogP contribution in [-0.2, 0) is 11.3 Å². The molecule has 1 saturated heterocycles. The van der Waals surface area contributed by atoms with E-state index in [1.54, 1.807) is 12.1 Å². The van der Waals surface area contributed by atoms with Crippen LogP contribution in [0.1, 0.15) is 17.2 Å². The number of morpholine rings is 1. The van der Waals surface area contributed by atoms with Crippen LogP contribution in [-0.4, -0.2) is 24.6 Å². The predicted molar refractivity (Wildman–Crippen MR) is 76.8 cm³/mol. The second-order valence-corrected chi connectivity index (χ2v) is 5.14. The number of benzene rings is 2. The van der Waals surface area contributed by atoms with E-state index in [1.165, 1.54) is 11.6 Å². The lowest BCUT2D eigenvalue weighted by atomic mass is 10.1. The van der Waals surface area contributed by atoms with E-state index in [0.29, 0.717) is 6.61 Å². The van der Waals surface area contributed by atoms with Gasteiger partial charge in [-0.1, -0.05) is 42.5 Å². The van der Waals surface area contributed by atoms with Crippen LogP contribution < -0.4 is 0 Å². The maximum atomic E-state index is 13.3. The molecule has 0 amide bonds. The molecule has 2 aromatic carbocycles. The molecule has 1 fully saturated rings. The Morgan fingerprint density at radius 1 is 1.10 bits per heavy atom. The van der Waals surface area contributed by atoms with E-state index >= 15 is 0 Å². The summed E-state index contributed by atoms with van der Waals surface area (Å²) in [6, 6.07) is 17.1. The first-order valence-electron chi connectivity index (χ1n) is 6.94. The molecule has 0 spiro atoms. The average molecular weight is 271 g/mol. The molecular formula is C17H18FNO. The van der Waals surface area contributed by atoms with Crippen molar-refractivity contribution in [1.29, 1.82) is 0 Å². The molecule has 0 radical (unpaired) electrons. The third-order valence-corrected chi connectivity index (χ3v) is 3.62. The van der Waals surface area contributed by atoms with Crippen LogP contribution in [0.25, 0.3) is 0 Å². The van der Waals surface area contributed by atoms with Crippen molar-refractivity contribution in [3.05, 3.63) is 71.5 Å². The lowest BCUT2D eigenvalue weighted by Gasteiger charge is -2.33. The van der Waals surface area contributed by atoms with E-state index in [4.69, 9.17) is 4.74 Å². The van der Waals surface area contributed by atoms with Gasteiger partial charge >= 0.3 is 0 Å². The molecule has 1 aliphatic heterocycles. The van der Waals surface area contributed by atoms with Gasteiger partial charge in [0.2, 0.25) is 0 Å². The maximum Gasteiger partial charge on any atom is 0.123 e. The van der Waals surface area contributed by atoms with Crippen molar-refractivity contribution < 1.29 is 9.13 Å². The Kier molecular flexibility index (Phi) is 4.09. The molecule has 1 heterocycles. The van der Waals surface area contributed by atoms with Crippen molar-refractivity contribution in [2.45, 2.75) is 12.6 Å². The highest BCUT2D eigenvalue weighted by Gasteiger charge is 2.22. The van der Waals surface area contributed by atoms with Crippen molar-refractivity contribution in [2.24, 2.45) is 0 Å². The Hall–Kier alpha value is -1.71. The first kappa shape index (κ1) is 13.3. The van der Waals surface area contributed by atoms with Gasteiger partial charge < -0.3 is 4.74 Å². The zero-order valence-electron chi connectivity index (χ0n) is 11.3. The molecule has 0 bridgehead atoms. The minimum atomic E-state index is -0.203. The van der Waals surface area contributed by atoms with Gasteiger partial charge in [0.1, 0.15) is 5.82 Å². The van der Waals surface area contributed by atoms with Crippen LogP contribution in [0.4, 0.5) is 4.39 Å². The number of halogens is 1. The summed E-state index contributed by atoms with van der Waals surface area (Å²) < 4.78 is 19.1. The molecule has 1 atom stereocenters. The molecule has 0 saturated carbocycles. The first-order valence-corrected chi connectivity index (χ1v) is 6.94. The smallest absolute Gasteiger partial charge is 0.123 e. The molecule has 2 nitrogen and oxygen atoms in total. The molecule has 20 heavy (non-hydrogen) atoms. The Morgan fingerprint density at radius 2 is 1.95 bits per heavy atom. The van der Waals surface area contributed by atoms with E-state index in [9.17, 15) is 4.39 Å². The molecule has 2 aromatic rings. The number of ether oxygens (including phenoxy) is 1. The summed E-state index contributed by atoms with van der Waals surface area (Å²) in [5.41, 5.74) is 2.22. The first-order chi connectivity index (χ1) is 9.81. The summed E-state index contributed by atoms with van der Waals surface area (Å²) in [5.74, 6) is -0.203. The second kappa shape index (κ2) is 6.16. The fourth-order valence-electron chi connectivity index (χ4n) is 2.60. The van der Waals surface area contributed by atoms with Crippen molar-refractivity contribution in [3.8, 4) is 0 Å². The van der Waals surface area contributed by atoms with Crippen LogP contribution in [0.5, 0.6) is 0 Å². The molecule has 3 heteroatoms. The van der Waals surface area contributed by atoms with Crippen LogP contribution in [0.3, 0.4) is 0 Å². The van der Waals surface area contributed by atoms with Crippen molar-refractivity contribution in [2.75, 3.05) is 19.7 Å². The lowest BCUT2D eigenvalue weighted by molar-refractivity contribution is -0.0330. The van der Waals surface area contributed by atoms with Gasteiger partial charge in [0.05, 0.1) is 12.7 Å². The topological polar surface area (TPSA) is 12.5 Å². The average Bonchev–Trinajstić information content (AvgIpc) is 2.49. The van der Waals surface area contributed by atoms with Gasteiger partial charge in [-0.25, -0.2) is 4.39 Å². The van der Waals surface area contributed by atoms with Crippen LogP contribution in [0, 0.1) is 5.82 Å². The summed E-state index contributed by atoms with van der Waals surface area (Å²) >= 11 is 0. The summed E-state index contributed by atoms with van der Waals surface area (Å²) in [6.07, 6.45) is -0.0387. The standard InChI is InChI=1S/C17H18FNO/c18-16-8-4-7-15(11-16)17-13-19(9-10-20-17)12-14-5-2-1-3-6-14/h1-8,11,17H,9-10,12-13H2/t17-/m1/s1. The highest BCUT2D eigenvalue weighted by atomic mass is 19.1. The zero-order chi connectivity index (χ0) is 13.8. The van der Waals surface area contributed by atoms with Gasteiger partial charge in [0.15, 0.2) is 0 Å². The van der Waals surface area contributed by atoms with E-state index in [2.05, 4.69) is 29.2 Å². The Labute approximate surface area is 118 Å². The van der Waals surface area contributed by atoms with Crippen LogP contribution in [0.15, 0.2) is 54.6 Å². The third-order valence-electron chi connectivity index (χ3n) is 3.62. The minimum Gasteiger partial charge on any atom is -0.371 e. The second-order valence-electron chi connectivity index (χ2n) is 5.14. The quantitative estimate of drug-likeness (QED) is 0.848. The SMILES string of the molecule is Fc1cccc([C@H]2CN(Cc3ccccc3)CCO2)c1. The van der Waals surface area contributed by atoms with E-state index in [0.717, 1.165) is 25.2 Å². The normalized spacial score (nSPS) is 19.9. The number of nitrogens with zero attached hydrogens (tertiary/aromatic N) is 1. The Morgan fingerprint density at radius 3 is 2.75 bits per heavy atom. The highest BCUT2D eigenvalue weighted by Crippen LogP contribution is 2.23. The molecule has 0 N–H and O–H groups in total.